The van der Waals surface area contributed by atoms with Crippen molar-refractivity contribution in [1.29, 1.82) is 0 Å². The lowest BCUT2D eigenvalue weighted by molar-refractivity contribution is 0.573. The lowest BCUT2D eigenvalue weighted by Crippen LogP contribution is -2.30. The second-order valence-electron chi connectivity index (χ2n) is 6.22. The summed E-state index contributed by atoms with van der Waals surface area (Å²) in [5.74, 6) is 1.80. The van der Waals surface area contributed by atoms with Crippen molar-refractivity contribution in [3.8, 4) is 0 Å². The molecule has 1 saturated heterocycles. The monoisotopic (exact) mass is 360 g/mol. The average Bonchev–Trinajstić information content (AvgIpc) is 2.67. The molecule has 0 radical (unpaired) electrons. The molecule has 0 aliphatic carbocycles. The van der Waals surface area contributed by atoms with Crippen LogP contribution in [0.3, 0.4) is 0 Å². The molecule has 6 nitrogen and oxygen atoms in total. The molecule has 1 N–H and O–H groups in total. The number of rotatable bonds is 7. The first-order valence-electron chi connectivity index (χ1n) is 8.74. The molecular formula is C18H24N4O2S. The largest absolute Gasteiger partial charge is 0.370 e. The molecule has 3 rings (SSSR count). The fraction of sp³-hybridized carbons (Fsp3) is 0.444. The van der Waals surface area contributed by atoms with Gasteiger partial charge in [-0.25, -0.2) is 18.4 Å². The highest BCUT2D eigenvalue weighted by atomic mass is 32.2. The zero-order chi connectivity index (χ0) is 17.5. The Balaban J connectivity index is 1.51. The number of nitrogens with zero attached hydrogens (tertiary/aromatic N) is 3. The van der Waals surface area contributed by atoms with Gasteiger partial charge in [-0.05, 0) is 37.8 Å². The van der Waals surface area contributed by atoms with Gasteiger partial charge in [0.05, 0.1) is 10.6 Å². The maximum Gasteiger partial charge on any atom is 0.178 e. The lowest BCUT2D eigenvalue weighted by atomic mass is 10.1. The Morgan fingerprint density at radius 2 is 1.80 bits per heavy atom. The maximum absolute atomic E-state index is 12.2. The smallest absolute Gasteiger partial charge is 0.178 e. The third kappa shape index (κ3) is 4.92. The summed E-state index contributed by atoms with van der Waals surface area (Å²) in [6, 6.07) is 10.5. The topological polar surface area (TPSA) is 75.2 Å². The van der Waals surface area contributed by atoms with Crippen molar-refractivity contribution < 1.29 is 8.42 Å². The van der Waals surface area contributed by atoms with Gasteiger partial charge in [-0.1, -0.05) is 18.2 Å². The van der Waals surface area contributed by atoms with Gasteiger partial charge in [0.15, 0.2) is 9.84 Å². The van der Waals surface area contributed by atoms with E-state index in [4.69, 9.17) is 0 Å². The molecule has 1 aliphatic rings. The molecule has 1 aromatic carbocycles. The highest BCUT2D eigenvalue weighted by molar-refractivity contribution is 7.91. The summed E-state index contributed by atoms with van der Waals surface area (Å²) in [4.78, 5) is 11.2. The zero-order valence-corrected chi connectivity index (χ0v) is 15.1. The fourth-order valence-electron chi connectivity index (χ4n) is 2.96. The van der Waals surface area contributed by atoms with Crippen LogP contribution in [-0.2, 0) is 9.84 Å². The van der Waals surface area contributed by atoms with Crippen molar-refractivity contribution in [3.05, 3.63) is 42.7 Å². The van der Waals surface area contributed by atoms with Gasteiger partial charge in [-0.15, -0.1) is 0 Å². The van der Waals surface area contributed by atoms with E-state index in [1.165, 1.54) is 19.3 Å². The number of anilines is 2. The zero-order valence-electron chi connectivity index (χ0n) is 14.3. The first kappa shape index (κ1) is 17.7. The first-order chi connectivity index (χ1) is 12.1. The number of benzene rings is 1. The molecule has 134 valence electrons. The van der Waals surface area contributed by atoms with E-state index < -0.39 is 9.84 Å². The van der Waals surface area contributed by atoms with Crippen LogP contribution in [0.25, 0.3) is 0 Å². The van der Waals surface area contributed by atoms with E-state index in [2.05, 4.69) is 20.2 Å². The van der Waals surface area contributed by atoms with E-state index >= 15 is 0 Å². The van der Waals surface area contributed by atoms with E-state index in [-0.39, 0.29) is 5.75 Å². The SMILES string of the molecule is O=S(=O)(CCCNc1cc(N2CCCCC2)ncn1)c1ccccc1. The summed E-state index contributed by atoms with van der Waals surface area (Å²) in [5.41, 5.74) is 0. The van der Waals surface area contributed by atoms with Crippen molar-refractivity contribution in [1.82, 2.24) is 9.97 Å². The molecule has 2 heterocycles. The summed E-state index contributed by atoms with van der Waals surface area (Å²) in [5, 5.41) is 3.21. The predicted molar refractivity (Wildman–Crippen MR) is 99.7 cm³/mol. The van der Waals surface area contributed by atoms with Gasteiger partial charge >= 0.3 is 0 Å². The summed E-state index contributed by atoms with van der Waals surface area (Å²) in [7, 11) is -3.22. The molecule has 1 fully saturated rings. The normalized spacial score (nSPS) is 15.1. The van der Waals surface area contributed by atoms with Crippen molar-refractivity contribution in [2.75, 3.05) is 35.6 Å². The van der Waals surface area contributed by atoms with E-state index in [9.17, 15) is 8.42 Å². The van der Waals surface area contributed by atoms with E-state index in [1.54, 1.807) is 30.6 Å². The molecule has 25 heavy (non-hydrogen) atoms. The Kier molecular flexibility index (Phi) is 5.86. The molecule has 0 saturated carbocycles. The number of piperidine rings is 1. The highest BCUT2D eigenvalue weighted by Gasteiger charge is 2.14. The van der Waals surface area contributed by atoms with Gasteiger partial charge in [0.2, 0.25) is 0 Å². The Hall–Kier alpha value is -2.15. The summed E-state index contributed by atoms with van der Waals surface area (Å²) in [6.45, 7) is 2.63. The molecule has 0 atom stereocenters. The number of nitrogens with one attached hydrogen (secondary N) is 1. The van der Waals surface area contributed by atoms with Crippen LogP contribution in [0, 0.1) is 0 Å². The molecule has 0 unspecified atom stereocenters. The van der Waals surface area contributed by atoms with Crippen molar-refractivity contribution in [2.24, 2.45) is 0 Å². The molecule has 0 bridgehead atoms. The Labute approximate surface area is 149 Å². The Bertz CT molecular complexity index is 775. The fourth-order valence-corrected chi connectivity index (χ4v) is 4.30. The van der Waals surface area contributed by atoms with Crippen LogP contribution < -0.4 is 10.2 Å². The van der Waals surface area contributed by atoms with E-state index in [0.717, 1.165) is 24.7 Å². The van der Waals surface area contributed by atoms with Crippen molar-refractivity contribution in [3.63, 3.8) is 0 Å². The minimum absolute atomic E-state index is 0.119. The second-order valence-corrected chi connectivity index (χ2v) is 8.33. The maximum atomic E-state index is 12.2. The van der Waals surface area contributed by atoms with E-state index in [1.807, 2.05) is 12.1 Å². The van der Waals surface area contributed by atoms with Gasteiger partial charge in [-0.2, -0.15) is 0 Å². The summed E-state index contributed by atoms with van der Waals surface area (Å²) in [6.07, 6.45) is 5.77. The van der Waals surface area contributed by atoms with E-state index in [0.29, 0.717) is 17.9 Å². The molecule has 1 aromatic heterocycles. The standard InChI is InChI=1S/C18H24N4O2S/c23-25(24,16-8-3-1-4-9-16)13-7-10-19-17-14-18(21-15-20-17)22-11-5-2-6-12-22/h1,3-4,8-9,14-15H,2,5-7,10-13H2,(H,19,20,21). The highest BCUT2D eigenvalue weighted by Crippen LogP contribution is 2.19. The molecule has 0 amide bonds. The third-order valence-electron chi connectivity index (χ3n) is 4.33. The van der Waals surface area contributed by atoms with Crippen LogP contribution in [0.15, 0.2) is 47.6 Å². The van der Waals surface area contributed by atoms with Crippen LogP contribution in [0.2, 0.25) is 0 Å². The van der Waals surface area contributed by atoms with Crippen LogP contribution in [0.5, 0.6) is 0 Å². The molecule has 2 aromatic rings. The molecule has 7 heteroatoms. The van der Waals surface area contributed by atoms with Crippen LogP contribution in [0.4, 0.5) is 11.6 Å². The minimum Gasteiger partial charge on any atom is -0.370 e. The lowest BCUT2D eigenvalue weighted by Gasteiger charge is -2.27. The van der Waals surface area contributed by atoms with Gasteiger partial charge in [-0.3, -0.25) is 0 Å². The third-order valence-corrected chi connectivity index (χ3v) is 6.15. The number of sulfone groups is 1. The number of hydrogen-bond donors (Lipinski definition) is 1. The minimum atomic E-state index is -3.22. The first-order valence-corrected chi connectivity index (χ1v) is 10.4. The summed E-state index contributed by atoms with van der Waals surface area (Å²) >= 11 is 0. The van der Waals surface area contributed by atoms with Crippen molar-refractivity contribution in [2.45, 2.75) is 30.6 Å². The second kappa shape index (κ2) is 8.29. The number of aromatic nitrogens is 2. The quantitative estimate of drug-likeness (QED) is 0.765. The Morgan fingerprint density at radius 3 is 2.56 bits per heavy atom. The molecule has 1 aliphatic heterocycles. The van der Waals surface area contributed by atoms with Crippen LogP contribution in [-0.4, -0.2) is 43.8 Å². The van der Waals surface area contributed by atoms with Crippen LogP contribution in [0.1, 0.15) is 25.7 Å². The average molecular weight is 360 g/mol. The van der Waals surface area contributed by atoms with Gasteiger partial charge in [0.25, 0.3) is 0 Å². The van der Waals surface area contributed by atoms with Gasteiger partial charge in [0, 0.05) is 25.7 Å². The van der Waals surface area contributed by atoms with Gasteiger partial charge in [0.1, 0.15) is 18.0 Å². The predicted octanol–water partition coefficient (Wildman–Crippen LogP) is 2.74. The molecular weight excluding hydrogens is 336 g/mol. The van der Waals surface area contributed by atoms with Gasteiger partial charge < -0.3 is 10.2 Å². The van der Waals surface area contributed by atoms with Crippen molar-refractivity contribution >= 4 is 21.5 Å². The molecule has 0 spiro atoms. The number of hydrogen-bond acceptors (Lipinski definition) is 6. The Morgan fingerprint density at radius 1 is 1.04 bits per heavy atom. The summed E-state index contributed by atoms with van der Waals surface area (Å²) < 4.78 is 24.5. The van der Waals surface area contributed by atoms with Crippen LogP contribution >= 0.6 is 0 Å².